The van der Waals surface area contributed by atoms with E-state index in [-0.39, 0.29) is 11.8 Å². The first-order valence-corrected chi connectivity index (χ1v) is 12.7. The highest BCUT2D eigenvalue weighted by Crippen LogP contribution is 2.63. The van der Waals surface area contributed by atoms with Crippen LogP contribution in [0.1, 0.15) is 78.1 Å². The highest BCUT2D eigenvalue weighted by atomic mass is 16.5. The molecule has 2 heterocycles. The van der Waals surface area contributed by atoms with Crippen LogP contribution in [-0.4, -0.2) is 29.6 Å². The van der Waals surface area contributed by atoms with Crippen LogP contribution in [0.2, 0.25) is 0 Å². The van der Waals surface area contributed by atoms with Crippen LogP contribution in [0.4, 0.5) is 0 Å². The van der Waals surface area contributed by atoms with Crippen LogP contribution in [0.15, 0.2) is 0 Å². The first-order chi connectivity index (χ1) is 13.6. The summed E-state index contributed by atoms with van der Waals surface area (Å²) < 4.78 is 6.92. The first kappa shape index (κ1) is 18.6. The summed E-state index contributed by atoms with van der Waals surface area (Å²) in [6, 6.07) is 0. The summed E-state index contributed by atoms with van der Waals surface area (Å²) >= 11 is 0. The maximum absolute atomic E-state index is 10.1. The Morgan fingerprint density at radius 1 is 0.821 bits per heavy atom. The molecule has 4 aliphatic carbocycles. The van der Waals surface area contributed by atoms with Gasteiger partial charge in [-0.15, -0.1) is 0 Å². The van der Waals surface area contributed by atoms with Gasteiger partial charge in [-0.1, -0.05) is 13.8 Å². The molecule has 0 aromatic carbocycles. The van der Waals surface area contributed by atoms with Gasteiger partial charge in [0.1, 0.15) is 5.72 Å². The number of hydrogen-bond donors (Lipinski definition) is 2. The van der Waals surface area contributed by atoms with E-state index in [0.717, 1.165) is 66.7 Å². The summed E-state index contributed by atoms with van der Waals surface area (Å²) in [6.07, 6.45) is 13.6. The predicted molar refractivity (Wildman–Crippen MR) is 111 cm³/mol. The van der Waals surface area contributed by atoms with Crippen LogP contribution in [0.5, 0.6) is 0 Å². The molecule has 0 radical (unpaired) electrons. The van der Waals surface area contributed by atoms with E-state index in [2.05, 4.69) is 19.2 Å². The second-order valence-corrected chi connectivity index (χ2v) is 11.9. The lowest BCUT2D eigenvalue weighted by molar-refractivity contribution is -0.112. The van der Waals surface area contributed by atoms with Crippen molar-refractivity contribution in [2.45, 2.75) is 96.0 Å². The topological polar surface area (TPSA) is 41.5 Å². The fourth-order valence-corrected chi connectivity index (χ4v) is 9.50. The molecule has 6 aliphatic rings. The van der Waals surface area contributed by atoms with Crippen molar-refractivity contribution < 1.29 is 9.84 Å². The third kappa shape index (κ3) is 2.64. The predicted octanol–water partition coefficient (Wildman–Crippen LogP) is 4.59. The van der Waals surface area contributed by atoms with Crippen molar-refractivity contribution in [3.63, 3.8) is 0 Å². The Morgan fingerprint density at radius 2 is 1.57 bits per heavy atom. The molecular formula is C25H41NO2. The van der Waals surface area contributed by atoms with Gasteiger partial charge in [0.15, 0.2) is 0 Å². The van der Waals surface area contributed by atoms with Crippen LogP contribution in [-0.2, 0) is 4.74 Å². The molecule has 0 aromatic heterocycles. The molecule has 4 saturated carbocycles. The van der Waals surface area contributed by atoms with E-state index in [0.29, 0.717) is 12.0 Å². The van der Waals surface area contributed by atoms with Crippen molar-refractivity contribution in [3.8, 4) is 0 Å². The lowest BCUT2D eigenvalue weighted by Gasteiger charge is -2.53. The second-order valence-electron chi connectivity index (χ2n) is 11.9. The minimum Gasteiger partial charge on any atom is -0.393 e. The maximum atomic E-state index is 10.1. The molecule has 0 amide bonds. The monoisotopic (exact) mass is 387 g/mol. The largest absolute Gasteiger partial charge is 0.393 e. The minimum atomic E-state index is -0.00359. The zero-order valence-corrected chi connectivity index (χ0v) is 18.0. The Hall–Kier alpha value is -0.120. The van der Waals surface area contributed by atoms with Crippen molar-refractivity contribution in [2.75, 3.05) is 6.54 Å². The van der Waals surface area contributed by atoms with Crippen molar-refractivity contribution in [1.82, 2.24) is 5.32 Å². The zero-order chi connectivity index (χ0) is 19.0. The van der Waals surface area contributed by atoms with Gasteiger partial charge in [0, 0.05) is 12.5 Å². The maximum Gasteiger partial charge on any atom is 0.122 e. The normalized spacial score (nSPS) is 60.8. The average Bonchev–Trinajstić information content (AvgIpc) is 3.18. The molecular weight excluding hydrogens is 346 g/mol. The highest BCUT2D eigenvalue weighted by Gasteiger charge is 2.63. The SMILES string of the molecule is CC1CCC2(NC1)OC1CC3C4CCC5C[C@@H](O)CCC5C4CCC3C1C2C. The van der Waals surface area contributed by atoms with Gasteiger partial charge in [0.25, 0.3) is 0 Å². The van der Waals surface area contributed by atoms with Gasteiger partial charge in [0.05, 0.1) is 12.2 Å². The fraction of sp³-hybridized carbons (Fsp3) is 1.00. The standard InChI is InChI=1S/C25H41NO2/c1-14-9-10-25(26-13-14)15(2)24-21-8-7-19-18-6-4-17(27)11-16(18)3-5-20(19)22(21)12-23(24)28-25/h14-24,26-27H,3-13H2,1-2H3/t14?,15?,16?,17-,18?,19?,20?,21?,22?,23?,24?,25?/m0/s1. The smallest absolute Gasteiger partial charge is 0.122 e. The van der Waals surface area contributed by atoms with E-state index in [1.165, 1.54) is 51.4 Å². The van der Waals surface area contributed by atoms with Gasteiger partial charge in [-0.2, -0.15) is 0 Å². The molecule has 0 bridgehead atoms. The lowest BCUT2D eigenvalue weighted by atomic mass is 9.53. The second kappa shape index (κ2) is 6.69. The van der Waals surface area contributed by atoms with Crippen LogP contribution in [0.3, 0.4) is 0 Å². The van der Waals surface area contributed by atoms with Gasteiger partial charge >= 0.3 is 0 Å². The quantitative estimate of drug-likeness (QED) is 0.639. The number of fused-ring (bicyclic) bond motifs is 7. The highest BCUT2D eigenvalue weighted by molar-refractivity contribution is 5.10. The molecule has 2 saturated heterocycles. The molecule has 28 heavy (non-hydrogen) atoms. The van der Waals surface area contributed by atoms with E-state index in [9.17, 15) is 5.11 Å². The van der Waals surface area contributed by atoms with Crippen molar-refractivity contribution in [2.24, 2.45) is 53.3 Å². The van der Waals surface area contributed by atoms with Gasteiger partial charge in [-0.05, 0) is 112 Å². The van der Waals surface area contributed by atoms with Crippen LogP contribution >= 0.6 is 0 Å². The molecule has 2 aliphatic heterocycles. The van der Waals surface area contributed by atoms with Gasteiger partial charge in [-0.3, -0.25) is 5.32 Å². The summed E-state index contributed by atoms with van der Waals surface area (Å²) in [4.78, 5) is 0. The zero-order valence-electron chi connectivity index (χ0n) is 18.0. The van der Waals surface area contributed by atoms with E-state index in [4.69, 9.17) is 4.74 Å². The average molecular weight is 388 g/mol. The Morgan fingerprint density at radius 3 is 2.39 bits per heavy atom. The molecule has 2 N–H and O–H groups in total. The van der Waals surface area contributed by atoms with E-state index >= 15 is 0 Å². The Balaban J connectivity index is 1.19. The molecule has 12 atom stereocenters. The number of rotatable bonds is 0. The number of nitrogens with one attached hydrogen (secondary N) is 1. The van der Waals surface area contributed by atoms with Crippen LogP contribution in [0, 0.1) is 53.3 Å². The van der Waals surface area contributed by atoms with Gasteiger partial charge in [0.2, 0.25) is 0 Å². The Bertz CT molecular complexity index is 599. The van der Waals surface area contributed by atoms with Gasteiger partial charge in [-0.25, -0.2) is 0 Å². The van der Waals surface area contributed by atoms with Crippen LogP contribution < -0.4 is 5.32 Å². The summed E-state index contributed by atoms with van der Waals surface area (Å²) in [7, 11) is 0. The Kier molecular flexibility index (Phi) is 4.45. The number of aliphatic hydroxyl groups excluding tert-OH is 1. The summed E-state index contributed by atoms with van der Waals surface area (Å²) in [5.41, 5.74) is 0.000824. The van der Waals surface area contributed by atoms with Crippen LogP contribution in [0.25, 0.3) is 0 Å². The van der Waals surface area contributed by atoms with Gasteiger partial charge < -0.3 is 9.84 Å². The number of ether oxygens (including phenoxy) is 1. The molecule has 6 rings (SSSR count). The summed E-state index contributed by atoms with van der Waals surface area (Å²) in [6.45, 7) is 6.03. The fourth-order valence-electron chi connectivity index (χ4n) is 9.50. The summed E-state index contributed by atoms with van der Waals surface area (Å²) in [5.74, 6) is 7.82. The van der Waals surface area contributed by atoms with E-state index in [1.807, 2.05) is 0 Å². The van der Waals surface area contributed by atoms with Crippen molar-refractivity contribution in [3.05, 3.63) is 0 Å². The molecule has 1 spiro atoms. The minimum absolute atomic E-state index is 0.000824. The summed E-state index contributed by atoms with van der Waals surface area (Å²) in [5, 5.41) is 14.0. The first-order valence-electron chi connectivity index (χ1n) is 12.7. The number of hydrogen-bond acceptors (Lipinski definition) is 3. The van der Waals surface area contributed by atoms with E-state index < -0.39 is 0 Å². The third-order valence-electron chi connectivity index (χ3n) is 10.8. The number of piperidine rings is 1. The van der Waals surface area contributed by atoms with E-state index in [1.54, 1.807) is 0 Å². The molecule has 11 unspecified atom stereocenters. The third-order valence-corrected chi connectivity index (χ3v) is 10.8. The molecule has 3 nitrogen and oxygen atoms in total. The van der Waals surface area contributed by atoms with Crippen molar-refractivity contribution in [1.29, 1.82) is 0 Å². The Labute approximate surface area is 171 Å². The molecule has 6 fully saturated rings. The molecule has 0 aromatic rings. The number of aliphatic hydroxyl groups is 1. The van der Waals surface area contributed by atoms with Crippen molar-refractivity contribution >= 4 is 0 Å². The molecule has 158 valence electrons. The lowest BCUT2D eigenvalue weighted by Crippen LogP contribution is -2.55. The molecule has 3 heteroatoms.